The topological polar surface area (TPSA) is 54.8 Å². The van der Waals surface area contributed by atoms with Crippen molar-refractivity contribution in [2.45, 2.75) is 6.54 Å². The van der Waals surface area contributed by atoms with E-state index >= 15 is 0 Å². The molecule has 0 saturated carbocycles. The van der Waals surface area contributed by atoms with Crippen molar-refractivity contribution < 1.29 is 4.39 Å². The first kappa shape index (κ1) is 18.8. The molecule has 134 valence electrons. The van der Waals surface area contributed by atoms with Crippen LogP contribution in [-0.2, 0) is 6.54 Å². The maximum absolute atomic E-state index is 13.1. The Labute approximate surface area is 169 Å². The molecule has 3 aromatic rings. The Morgan fingerprint density at radius 2 is 1.92 bits per heavy atom. The number of rotatable bonds is 4. The van der Waals surface area contributed by atoms with E-state index in [0.717, 1.165) is 5.56 Å². The van der Waals surface area contributed by atoms with E-state index in [1.807, 2.05) is 0 Å². The van der Waals surface area contributed by atoms with Gasteiger partial charge >= 0.3 is 0 Å². The van der Waals surface area contributed by atoms with Crippen molar-refractivity contribution >= 4 is 63.8 Å². The lowest BCUT2D eigenvalue weighted by atomic mass is 10.2. The van der Waals surface area contributed by atoms with E-state index in [-0.39, 0.29) is 5.11 Å². The summed E-state index contributed by atoms with van der Waals surface area (Å²) in [6.45, 7) is 0.341. The fourth-order valence-electron chi connectivity index (χ4n) is 2.11. The third-order valence-electron chi connectivity index (χ3n) is 3.31. The Morgan fingerprint density at radius 1 is 1.12 bits per heavy atom. The molecule has 3 rings (SSSR count). The molecule has 5 nitrogen and oxygen atoms in total. The number of nitrogens with one attached hydrogen (secondary N) is 2. The smallest absolute Gasteiger partial charge is 0.248 e. The molecule has 2 N–H and O–H groups in total. The van der Waals surface area contributed by atoms with Crippen LogP contribution in [0.2, 0.25) is 15.1 Å². The SMILES string of the molecule is Fc1ccc(Cn2cnc(NC(=S)Nc3cccc(Cl)c3Cl)n2)c(Cl)c1. The van der Waals surface area contributed by atoms with Crippen molar-refractivity contribution in [3.63, 3.8) is 0 Å². The van der Waals surface area contributed by atoms with Crippen LogP contribution in [0.5, 0.6) is 0 Å². The van der Waals surface area contributed by atoms with Crippen molar-refractivity contribution in [3.05, 3.63) is 69.2 Å². The lowest BCUT2D eigenvalue weighted by molar-refractivity contribution is 0.624. The summed E-state index contributed by atoms with van der Waals surface area (Å²) in [5.74, 6) is -0.102. The van der Waals surface area contributed by atoms with Crippen LogP contribution in [0, 0.1) is 5.82 Å². The predicted octanol–water partition coefficient (Wildman–Crippen LogP) is 5.23. The van der Waals surface area contributed by atoms with Gasteiger partial charge in [-0.25, -0.2) is 14.1 Å². The second kappa shape index (κ2) is 8.18. The van der Waals surface area contributed by atoms with E-state index in [9.17, 15) is 4.39 Å². The first-order valence-electron chi connectivity index (χ1n) is 7.28. The van der Waals surface area contributed by atoms with E-state index < -0.39 is 5.82 Å². The number of halogens is 4. The summed E-state index contributed by atoms with van der Waals surface area (Å²) in [7, 11) is 0. The number of nitrogens with zero attached hydrogens (tertiary/aromatic N) is 3. The Kier molecular flexibility index (Phi) is 5.93. The Bertz CT molecular complexity index is 963. The predicted molar refractivity (Wildman–Crippen MR) is 107 cm³/mol. The summed E-state index contributed by atoms with van der Waals surface area (Å²) in [5.41, 5.74) is 1.28. The highest BCUT2D eigenvalue weighted by atomic mass is 35.5. The molecular formula is C16H11Cl3FN5S. The average Bonchev–Trinajstić information content (AvgIpc) is 3.01. The normalized spacial score (nSPS) is 10.6. The molecular weight excluding hydrogens is 420 g/mol. The molecule has 1 heterocycles. The standard InChI is InChI=1S/C16H11Cl3FN5S/c17-11-2-1-3-13(14(11)19)22-16(26)23-15-21-8-25(24-15)7-9-4-5-10(20)6-12(9)18/h1-6,8H,7H2,(H2,22,23,24,26). The van der Waals surface area contributed by atoms with E-state index in [1.165, 1.54) is 18.5 Å². The fourth-order valence-corrected chi connectivity index (χ4v) is 2.88. The Hall–Kier alpha value is -1.93. The Balaban J connectivity index is 1.64. The molecule has 10 heteroatoms. The first-order valence-corrected chi connectivity index (χ1v) is 8.82. The van der Waals surface area contributed by atoms with Crippen LogP contribution in [0.4, 0.5) is 16.0 Å². The van der Waals surface area contributed by atoms with E-state index in [2.05, 4.69) is 20.7 Å². The van der Waals surface area contributed by atoms with Crippen LogP contribution in [0.15, 0.2) is 42.7 Å². The van der Waals surface area contributed by atoms with Gasteiger partial charge in [0, 0.05) is 5.02 Å². The molecule has 0 bridgehead atoms. The van der Waals surface area contributed by atoms with E-state index in [4.69, 9.17) is 47.0 Å². The van der Waals surface area contributed by atoms with Gasteiger partial charge in [-0.2, -0.15) is 0 Å². The van der Waals surface area contributed by atoms with Crippen molar-refractivity contribution in [2.75, 3.05) is 10.6 Å². The van der Waals surface area contributed by atoms with Gasteiger partial charge in [-0.1, -0.05) is 46.9 Å². The van der Waals surface area contributed by atoms with Crippen molar-refractivity contribution in [2.24, 2.45) is 0 Å². The maximum Gasteiger partial charge on any atom is 0.248 e. The Morgan fingerprint density at radius 3 is 2.69 bits per heavy atom. The lowest BCUT2D eigenvalue weighted by Crippen LogP contribution is -2.20. The van der Waals surface area contributed by atoms with Gasteiger partial charge in [0.1, 0.15) is 12.1 Å². The second-order valence-electron chi connectivity index (χ2n) is 5.18. The van der Waals surface area contributed by atoms with Gasteiger partial charge in [0.2, 0.25) is 5.95 Å². The molecule has 0 aliphatic rings. The number of aromatic nitrogens is 3. The zero-order valence-electron chi connectivity index (χ0n) is 13.0. The largest absolute Gasteiger partial charge is 0.331 e. The molecule has 26 heavy (non-hydrogen) atoms. The summed E-state index contributed by atoms with van der Waals surface area (Å²) in [6, 6.07) is 9.35. The van der Waals surface area contributed by atoms with Gasteiger partial charge in [0.05, 0.1) is 22.3 Å². The van der Waals surface area contributed by atoms with Crippen LogP contribution < -0.4 is 10.6 Å². The molecule has 0 unspecified atom stereocenters. The van der Waals surface area contributed by atoms with E-state index in [0.29, 0.717) is 33.2 Å². The van der Waals surface area contributed by atoms with Gasteiger partial charge in [-0.15, -0.1) is 5.10 Å². The van der Waals surface area contributed by atoms with Crippen LogP contribution in [-0.4, -0.2) is 19.9 Å². The molecule has 0 radical (unpaired) electrons. The van der Waals surface area contributed by atoms with Crippen LogP contribution in [0.1, 0.15) is 5.56 Å². The highest BCUT2D eigenvalue weighted by Crippen LogP contribution is 2.29. The molecule has 0 atom stereocenters. The number of hydrogen-bond acceptors (Lipinski definition) is 3. The van der Waals surface area contributed by atoms with Gasteiger partial charge in [-0.05, 0) is 42.0 Å². The van der Waals surface area contributed by atoms with Crippen LogP contribution in [0.25, 0.3) is 0 Å². The summed E-state index contributed by atoms with van der Waals surface area (Å²) in [6.07, 6.45) is 1.51. The molecule has 0 aliphatic carbocycles. The number of anilines is 2. The molecule has 0 spiro atoms. The zero-order valence-corrected chi connectivity index (χ0v) is 16.1. The third-order valence-corrected chi connectivity index (χ3v) is 4.68. The molecule has 0 saturated heterocycles. The van der Waals surface area contributed by atoms with Crippen molar-refractivity contribution in [1.29, 1.82) is 0 Å². The third kappa shape index (κ3) is 4.62. The van der Waals surface area contributed by atoms with Crippen molar-refractivity contribution in [3.8, 4) is 0 Å². The molecule has 0 aliphatic heterocycles. The minimum atomic E-state index is -0.393. The van der Waals surface area contributed by atoms with E-state index in [1.54, 1.807) is 28.9 Å². The average molecular weight is 431 g/mol. The highest BCUT2D eigenvalue weighted by molar-refractivity contribution is 7.80. The first-order chi connectivity index (χ1) is 12.4. The molecule has 0 amide bonds. The molecule has 1 aromatic heterocycles. The molecule has 0 fully saturated rings. The molecule has 2 aromatic carbocycles. The zero-order chi connectivity index (χ0) is 18.7. The minimum Gasteiger partial charge on any atom is -0.331 e. The summed E-state index contributed by atoms with van der Waals surface area (Å²) < 4.78 is 14.6. The number of benzene rings is 2. The maximum atomic E-state index is 13.1. The lowest BCUT2D eigenvalue weighted by Gasteiger charge is -2.10. The summed E-state index contributed by atoms with van der Waals surface area (Å²) in [5, 5.41) is 11.4. The monoisotopic (exact) mass is 429 g/mol. The summed E-state index contributed by atoms with van der Waals surface area (Å²) in [4.78, 5) is 4.12. The summed E-state index contributed by atoms with van der Waals surface area (Å²) >= 11 is 23.3. The van der Waals surface area contributed by atoms with Gasteiger partial charge in [-0.3, -0.25) is 5.32 Å². The van der Waals surface area contributed by atoms with Gasteiger partial charge < -0.3 is 5.32 Å². The van der Waals surface area contributed by atoms with Gasteiger partial charge in [0.25, 0.3) is 0 Å². The van der Waals surface area contributed by atoms with Crippen LogP contribution in [0.3, 0.4) is 0 Å². The van der Waals surface area contributed by atoms with Crippen LogP contribution >= 0.6 is 47.0 Å². The highest BCUT2D eigenvalue weighted by Gasteiger charge is 2.09. The minimum absolute atomic E-state index is 0.256. The van der Waals surface area contributed by atoms with Gasteiger partial charge in [0.15, 0.2) is 5.11 Å². The number of thiocarbonyl (C=S) groups is 1. The quantitative estimate of drug-likeness (QED) is 0.555. The second-order valence-corrected chi connectivity index (χ2v) is 6.78. The number of hydrogen-bond donors (Lipinski definition) is 2. The van der Waals surface area contributed by atoms with Crippen molar-refractivity contribution in [1.82, 2.24) is 14.8 Å². The fraction of sp³-hybridized carbons (Fsp3) is 0.0625.